The smallest absolute Gasteiger partial charge is 0.193 e. The van der Waals surface area contributed by atoms with Crippen molar-refractivity contribution in [1.29, 1.82) is 0 Å². The molecule has 0 aliphatic carbocycles. The Balaban J connectivity index is 1.57. The number of nitrogens with one attached hydrogen (secondary N) is 1. The quantitative estimate of drug-likeness (QED) is 0.495. The second-order valence-electron chi connectivity index (χ2n) is 5.94. The van der Waals surface area contributed by atoms with Gasteiger partial charge in [0.25, 0.3) is 0 Å². The Bertz CT molecular complexity index is 832. The van der Waals surface area contributed by atoms with Gasteiger partial charge >= 0.3 is 0 Å². The van der Waals surface area contributed by atoms with Crippen LogP contribution >= 0.6 is 0 Å². The summed E-state index contributed by atoms with van der Waals surface area (Å²) in [6.07, 6.45) is 0. The Morgan fingerprint density at radius 1 is 0.769 bits per heavy atom. The normalized spacial score (nSPS) is 11.3. The van der Waals surface area contributed by atoms with Crippen molar-refractivity contribution in [2.24, 2.45) is 10.7 Å². The van der Waals surface area contributed by atoms with E-state index in [-0.39, 0.29) is 0 Å². The molecule has 4 heteroatoms. The number of aliphatic imine (C=N–C) groups is 1. The lowest BCUT2D eigenvalue weighted by Gasteiger charge is -2.10. The summed E-state index contributed by atoms with van der Waals surface area (Å²) in [5.74, 6) is 0.399. The minimum absolute atomic E-state index is 0.399. The largest absolute Gasteiger partial charge is 0.372 e. The van der Waals surface area contributed by atoms with Crippen LogP contribution in [0.1, 0.15) is 16.7 Å². The molecule has 0 atom stereocenters. The maximum absolute atomic E-state index is 5.99. The minimum Gasteiger partial charge on any atom is -0.372 e. The van der Waals surface area contributed by atoms with Gasteiger partial charge in [-0.25, -0.2) is 4.99 Å². The Kier molecular flexibility index (Phi) is 6.40. The minimum atomic E-state index is 0.399. The maximum Gasteiger partial charge on any atom is 0.193 e. The summed E-state index contributed by atoms with van der Waals surface area (Å²) in [5.41, 5.74) is 10.3. The Morgan fingerprint density at radius 2 is 1.38 bits per heavy atom. The lowest BCUT2D eigenvalue weighted by atomic mass is 10.1. The van der Waals surface area contributed by atoms with Gasteiger partial charge in [0.15, 0.2) is 5.96 Å². The fourth-order valence-corrected chi connectivity index (χ4v) is 2.58. The second-order valence-corrected chi connectivity index (χ2v) is 5.94. The molecule has 132 valence electrons. The van der Waals surface area contributed by atoms with Crippen LogP contribution in [0.4, 0.5) is 5.69 Å². The molecule has 0 radical (unpaired) electrons. The van der Waals surface area contributed by atoms with Crippen LogP contribution in [0.5, 0.6) is 0 Å². The highest BCUT2D eigenvalue weighted by atomic mass is 16.5. The molecule has 0 heterocycles. The molecule has 0 fully saturated rings. The molecular formula is C22H23N3O. The van der Waals surface area contributed by atoms with Crippen molar-refractivity contribution in [3.05, 3.63) is 102 Å². The molecule has 0 aromatic heterocycles. The standard InChI is InChI=1S/C22H23N3O/c23-22(25-21-13-5-2-6-14-21)24-15-19-11-7-8-12-20(19)17-26-16-18-9-3-1-4-10-18/h1-14H,15-17H2,(H3,23,24,25). The number of para-hydroxylation sites is 1. The molecule has 0 bridgehead atoms. The molecule has 0 saturated carbocycles. The van der Waals surface area contributed by atoms with E-state index < -0.39 is 0 Å². The lowest BCUT2D eigenvalue weighted by molar-refractivity contribution is 0.106. The van der Waals surface area contributed by atoms with Gasteiger partial charge in [-0.1, -0.05) is 72.8 Å². The van der Waals surface area contributed by atoms with Crippen molar-refractivity contribution in [1.82, 2.24) is 0 Å². The van der Waals surface area contributed by atoms with Crippen molar-refractivity contribution in [2.45, 2.75) is 19.8 Å². The van der Waals surface area contributed by atoms with E-state index in [1.807, 2.05) is 60.7 Å². The monoisotopic (exact) mass is 345 g/mol. The highest BCUT2D eigenvalue weighted by molar-refractivity contribution is 5.92. The van der Waals surface area contributed by atoms with E-state index in [1.54, 1.807) is 0 Å². The second kappa shape index (κ2) is 9.39. The summed E-state index contributed by atoms with van der Waals surface area (Å²) in [4.78, 5) is 4.44. The number of benzene rings is 3. The van der Waals surface area contributed by atoms with Gasteiger partial charge in [-0.15, -0.1) is 0 Å². The molecule has 3 aromatic carbocycles. The van der Waals surface area contributed by atoms with Crippen molar-refractivity contribution in [3.63, 3.8) is 0 Å². The first-order valence-electron chi connectivity index (χ1n) is 8.62. The zero-order chi connectivity index (χ0) is 18.0. The van der Waals surface area contributed by atoms with Crippen LogP contribution < -0.4 is 11.1 Å². The number of ether oxygens (including phenoxy) is 1. The number of guanidine groups is 1. The van der Waals surface area contributed by atoms with Crippen LogP contribution in [0, 0.1) is 0 Å². The van der Waals surface area contributed by atoms with E-state index in [0.717, 1.165) is 16.8 Å². The summed E-state index contributed by atoms with van der Waals surface area (Å²) in [6, 6.07) is 28.1. The molecule has 0 aliphatic rings. The SMILES string of the molecule is NC(=NCc1ccccc1COCc1ccccc1)Nc1ccccc1. The molecule has 0 aliphatic heterocycles. The predicted molar refractivity (Wildman–Crippen MR) is 107 cm³/mol. The average Bonchev–Trinajstić information content (AvgIpc) is 2.69. The van der Waals surface area contributed by atoms with Crippen LogP contribution in [0.3, 0.4) is 0 Å². The summed E-state index contributed by atoms with van der Waals surface area (Å²) in [7, 11) is 0. The summed E-state index contributed by atoms with van der Waals surface area (Å²) < 4.78 is 5.85. The fraction of sp³-hybridized carbons (Fsp3) is 0.136. The van der Waals surface area contributed by atoms with E-state index in [9.17, 15) is 0 Å². The van der Waals surface area contributed by atoms with Gasteiger partial charge in [-0.05, 0) is 28.8 Å². The highest BCUT2D eigenvalue weighted by Crippen LogP contribution is 2.13. The number of rotatable bonds is 7. The van der Waals surface area contributed by atoms with E-state index in [0.29, 0.717) is 25.7 Å². The highest BCUT2D eigenvalue weighted by Gasteiger charge is 2.03. The van der Waals surface area contributed by atoms with E-state index in [1.165, 1.54) is 5.56 Å². The van der Waals surface area contributed by atoms with E-state index in [2.05, 4.69) is 34.6 Å². The zero-order valence-corrected chi connectivity index (χ0v) is 14.6. The molecule has 0 amide bonds. The number of hydrogen-bond acceptors (Lipinski definition) is 2. The number of hydrogen-bond donors (Lipinski definition) is 2. The Hall–Kier alpha value is -3.11. The molecular weight excluding hydrogens is 322 g/mol. The van der Waals surface area contributed by atoms with Gasteiger partial charge in [0, 0.05) is 5.69 Å². The summed E-state index contributed by atoms with van der Waals surface area (Å²) in [5, 5.41) is 3.09. The van der Waals surface area contributed by atoms with E-state index >= 15 is 0 Å². The van der Waals surface area contributed by atoms with E-state index in [4.69, 9.17) is 10.5 Å². The lowest BCUT2D eigenvalue weighted by Crippen LogP contribution is -2.22. The molecule has 0 unspecified atom stereocenters. The van der Waals surface area contributed by atoms with Crippen LogP contribution in [0.25, 0.3) is 0 Å². The van der Waals surface area contributed by atoms with Crippen molar-refractivity contribution in [2.75, 3.05) is 5.32 Å². The Labute approximate surface area is 154 Å². The predicted octanol–water partition coefficient (Wildman–Crippen LogP) is 4.33. The van der Waals surface area contributed by atoms with Crippen LogP contribution in [0.2, 0.25) is 0 Å². The molecule has 3 N–H and O–H groups in total. The average molecular weight is 345 g/mol. The summed E-state index contributed by atoms with van der Waals surface area (Å²) >= 11 is 0. The number of anilines is 1. The van der Waals surface area contributed by atoms with Crippen molar-refractivity contribution in [3.8, 4) is 0 Å². The third kappa shape index (κ3) is 5.46. The molecule has 4 nitrogen and oxygen atoms in total. The van der Waals surface area contributed by atoms with Crippen molar-refractivity contribution >= 4 is 11.6 Å². The van der Waals surface area contributed by atoms with Crippen molar-refractivity contribution < 1.29 is 4.74 Å². The van der Waals surface area contributed by atoms with Gasteiger partial charge < -0.3 is 15.8 Å². The first-order chi connectivity index (χ1) is 12.8. The molecule has 3 rings (SSSR count). The third-order valence-electron chi connectivity index (χ3n) is 3.95. The maximum atomic E-state index is 5.99. The van der Waals surface area contributed by atoms with Crippen LogP contribution in [0.15, 0.2) is 89.9 Å². The topological polar surface area (TPSA) is 59.6 Å². The van der Waals surface area contributed by atoms with Gasteiger partial charge in [0.1, 0.15) is 0 Å². The van der Waals surface area contributed by atoms with Gasteiger partial charge in [0.2, 0.25) is 0 Å². The van der Waals surface area contributed by atoms with Gasteiger partial charge in [-0.2, -0.15) is 0 Å². The van der Waals surface area contributed by atoms with Crippen LogP contribution in [-0.4, -0.2) is 5.96 Å². The molecule has 26 heavy (non-hydrogen) atoms. The summed E-state index contributed by atoms with van der Waals surface area (Å²) in [6.45, 7) is 1.65. The third-order valence-corrected chi connectivity index (χ3v) is 3.95. The zero-order valence-electron chi connectivity index (χ0n) is 14.6. The first kappa shape index (κ1) is 17.7. The fourth-order valence-electron chi connectivity index (χ4n) is 2.58. The number of nitrogens with two attached hydrogens (primary N) is 1. The molecule has 0 saturated heterocycles. The molecule has 3 aromatic rings. The van der Waals surface area contributed by atoms with Gasteiger partial charge in [-0.3, -0.25) is 0 Å². The Morgan fingerprint density at radius 3 is 2.12 bits per heavy atom. The number of nitrogens with zero attached hydrogens (tertiary/aromatic N) is 1. The molecule has 0 spiro atoms. The van der Waals surface area contributed by atoms with Gasteiger partial charge in [0.05, 0.1) is 19.8 Å². The van der Waals surface area contributed by atoms with Crippen LogP contribution in [-0.2, 0) is 24.5 Å². The first-order valence-corrected chi connectivity index (χ1v) is 8.62.